The summed E-state index contributed by atoms with van der Waals surface area (Å²) in [5.41, 5.74) is 8.72. The molecule has 0 fully saturated rings. The Morgan fingerprint density at radius 1 is 1.22 bits per heavy atom. The molecule has 0 aliphatic heterocycles. The Morgan fingerprint density at radius 3 is 2.61 bits per heavy atom. The van der Waals surface area contributed by atoms with Crippen LogP contribution in [-0.2, 0) is 0 Å². The number of azo groups is 1. The fraction of sp³-hybridized carbons (Fsp3) is 0.333. The van der Waals surface area contributed by atoms with E-state index in [0.29, 0.717) is 0 Å². The van der Waals surface area contributed by atoms with Crippen LogP contribution in [0.5, 0.6) is 0 Å². The first-order valence-corrected chi connectivity index (χ1v) is 6.16. The summed E-state index contributed by atoms with van der Waals surface area (Å²) in [4.78, 5) is 0. The van der Waals surface area contributed by atoms with Gasteiger partial charge in [0.15, 0.2) is 0 Å². The quantitative estimate of drug-likeness (QED) is 0.785. The van der Waals surface area contributed by atoms with E-state index in [9.17, 15) is 0 Å². The summed E-state index contributed by atoms with van der Waals surface area (Å²) in [6.07, 6.45) is 5.98. The van der Waals surface area contributed by atoms with Gasteiger partial charge in [-0.15, -0.1) is 0 Å². The Bertz CT molecular complexity index is 524. The molecule has 3 heteroatoms. The molecule has 2 unspecified atom stereocenters. The molecule has 2 rings (SSSR count). The molecule has 1 aromatic rings. The van der Waals surface area contributed by atoms with Crippen molar-refractivity contribution in [1.29, 1.82) is 0 Å². The maximum atomic E-state index is 6.11. The molecule has 94 valence electrons. The number of aryl methyl sites for hydroxylation is 1. The van der Waals surface area contributed by atoms with Gasteiger partial charge in [-0.25, -0.2) is 0 Å². The van der Waals surface area contributed by atoms with Gasteiger partial charge >= 0.3 is 0 Å². The number of nitrogens with two attached hydrogens (primary N) is 1. The highest BCUT2D eigenvalue weighted by Gasteiger charge is 2.24. The first kappa shape index (κ1) is 12.7. The molecule has 2 atom stereocenters. The van der Waals surface area contributed by atoms with E-state index in [2.05, 4.69) is 23.2 Å². The monoisotopic (exact) mass is 241 g/mol. The highest BCUT2D eigenvalue weighted by atomic mass is 15.1. The molecule has 3 nitrogen and oxygen atoms in total. The maximum Gasteiger partial charge on any atom is 0.0886 e. The molecular formula is C15H19N3. The first-order valence-electron chi connectivity index (χ1n) is 6.16. The molecular weight excluding hydrogens is 222 g/mol. The lowest BCUT2D eigenvalue weighted by molar-refractivity contribution is 0.452. The van der Waals surface area contributed by atoms with E-state index in [-0.39, 0.29) is 11.5 Å². The van der Waals surface area contributed by atoms with Crippen LogP contribution in [0.1, 0.15) is 19.4 Å². The van der Waals surface area contributed by atoms with Gasteiger partial charge in [0, 0.05) is 5.54 Å². The lowest BCUT2D eigenvalue weighted by atomic mass is 9.84. The van der Waals surface area contributed by atoms with Crippen molar-refractivity contribution < 1.29 is 0 Å². The van der Waals surface area contributed by atoms with Crippen LogP contribution in [0.25, 0.3) is 0 Å². The van der Waals surface area contributed by atoms with Crippen molar-refractivity contribution in [2.45, 2.75) is 26.3 Å². The van der Waals surface area contributed by atoms with Gasteiger partial charge in [-0.1, -0.05) is 37.3 Å². The Labute approximate surface area is 108 Å². The van der Waals surface area contributed by atoms with Crippen LogP contribution >= 0.6 is 0 Å². The minimum atomic E-state index is -0.290. The predicted molar refractivity (Wildman–Crippen MR) is 74.7 cm³/mol. The zero-order valence-corrected chi connectivity index (χ0v) is 11.1. The molecule has 1 aromatic carbocycles. The van der Waals surface area contributed by atoms with Crippen LogP contribution in [0.2, 0.25) is 0 Å². The van der Waals surface area contributed by atoms with Crippen LogP contribution in [0.4, 0.5) is 5.69 Å². The lowest BCUT2D eigenvalue weighted by Crippen LogP contribution is -2.41. The van der Waals surface area contributed by atoms with Crippen LogP contribution in [0, 0.1) is 12.8 Å². The molecule has 0 saturated carbocycles. The molecule has 18 heavy (non-hydrogen) atoms. The zero-order chi connectivity index (χ0) is 13.2. The van der Waals surface area contributed by atoms with E-state index in [1.165, 1.54) is 0 Å². The Kier molecular flexibility index (Phi) is 3.43. The summed E-state index contributed by atoms with van der Waals surface area (Å²) >= 11 is 0. The fourth-order valence-corrected chi connectivity index (χ4v) is 1.76. The number of hydrogen-bond donors (Lipinski definition) is 1. The third kappa shape index (κ3) is 2.74. The summed E-state index contributed by atoms with van der Waals surface area (Å²) in [7, 11) is 0. The number of benzene rings is 1. The molecule has 1 aliphatic rings. The van der Waals surface area contributed by atoms with Crippen molar-refractivity contribution >= 4 is 5.69 Å². The fourth-order valence-electron chi connectivity index (χ4n) is 1.76. The van der Waals surface area contributed by atoms with Gasteiger partial charge in [-0.3, -0.25) is 0 Å². The summed E-state index contributed by atoms with van der Waals surface area (Å²) in [5, 5.41) is 8.55. The molecule has 0 radical (unpaired) electrons. The maximum absolute atomic E-state index is 6.11. The second kappa shape index (κ2) is 4.86. The van der Waals surface area contributed by atoms with Crippen molar-refractivity contribution in [1.82, 2.24) is 0 Å². The number of hydrogen-bond acceptors (Lipinski definition) is 3. The number of allylic oxidation sites excluding steroid dienone is 1. The molecule has 0 aromatic heterocycles. The normalized spacial score (nSPS) is 27.6. The van der Waals surface area contributed by atoms with E-state index in [0.717, 1.165) is 16.9 Å². The topological polar surface area (TPSA) is 50.7 Å². The Hall–Kier alpha value is -1.74. The van der Waals surface area contributed by atoms with E-state index < -0.39 is 0 Å². The summed E-state index contributed by atoms with van der Waals surface area (Å²) in [6.45, 7) is 6.13. The van der Waals surface area contributed by atoms with E-state index >= 15 is 0 Å². The average Bonchev–Trinajstić information content (AvgIpc) is 2.33. The molecule has 0 saturated heterocycles. The molecule has 2 N–H and O–H groups in total. The highest BCUT2D eigenvalue weighted by Crippen LogP contribution is 2.26. The standard InChI is InChI=1S/C15H19N3/c1-11-6-4-5-7-14(11)18-17-13-8-9-15(3,16)12(2)10-13/h4-10,12H,16H2,1-3H3. The largest absolute Gasteiger partial charge is 0.322 e. The first-order chi connectivity index (χ1) is 8.49. The minimum Gasteiger partial charge on any atom is -0.322 e. The summed E-state index contributed by atoms with van der Waals surface area (Å²) in [6, 6.07) is 7.95. The van der Waals surface area contributed by atoms with Crippen molar-refractivity contribution in [2.24, 2.45) is 21.9 Å². The minimum absolute atomic E-state index is 0.258. The third-order valence-corrected chi connectivity index (χ3v) is 3.40. The molecule has 0 spiro atoms. The van der Waals surface area contributed by atoms with Gasteiger partial charge in [0.05, 0.1) is 11.4 Å². The van der Waals surface area contributed by atoms with Crippen LogP contribution in [-0.4, -0.2) is 5.54 Å². The van der Waals surface area contributed by atoms with Gasteiger partial charge in [-0.05, 0) is 37.5 Å². The predicted octanol–water partition coefficient (Wildman–Crippen LogP) is 3.89. The summed E-state index contributed by atoms with van der Waals surface area (Å²) in [5.74, 6) is 0.258. The van der Waals surface area contributed by atoms with E-state index in [1.807, 2.05) is 50.3 Å². The smallest absolute Gasteiger partial charge is 0.0886 e. The highest BCUT2D eigenvalue weighted by molar-refractivity contribution is 5.44. The van der Waals surface area contributed by atoms with Gasteiger partial charge in [-0.2, -0.15) is 10.2 Å². The van der Waals surface area contributed by atoms with Crippen molar-refractivity contribution in [3.63, 3.8) is 0 Å². The molecule has 0 bridgehead atoms. The number of rotatable bonds is 2. The van der Waals surface area contributed by atoms with Crippen LogP contribution in [0.3, 0.4) is 0 Å². The Balaban J connectivity index is 2.17. The molecule has 0 amide bonds. The summed E-state index contributed by atoms with van der Waals surface area (Å²) < 4.78 is 0. The molecule has 0 heterocycles. The van der Waals surface area contributed by atoms with Gasteiger partial charge in [0.2, 0.25) is 0 Å². The third-order valence-electron chi connectivity index (χ3n) is 3.40. The SMILES string of the molecule is Cc1ccccc1N=NC1=CC(C)C(C)(N)C=C1. The van der Waals surface area contributed by atoms with E-state index in [4.69, 9.17) is 5.73 Å². The Morgan fingerprint density at radius 2 is 1.94 bits per heavy atom. The van der Waals surface area contributed by atoms with Crippen molar-refractivity contribution in [2.75, 3.05) is 0 Å². The van der Waals surface area contributed by atoms with Gasteiger partial charge in [0.25, 0.3) is 0 Å². The van der Waals surface area contributed by atoms with Crippen molar-refractivity contribution in [3.8, 4) is 0 Å². The van der Waals surface area contributed by atoms with Crippen LogP contribution in [0.15, 0.2) is 58.4 Å². The number of nitrogens with zero attached hydrogens (tertiary/aromatic N) is 2. The second-order valence-electron chi connectivity index (χ2n) is 5.07. The van der Waals surface area contributed by atoms with Gasteiger partial charge < -0.3 is 5.73 Å². The van der Waals surface area contributed by atoms with Crippen molar-refractivity contribution in [3.05, 3.63) is 53.8 Å². The van der Waals surface area contributed by atoms with Crippen LogP contribution < -0.4 is 5.73 Å². The lowest BCUT2D eigenvalue weighted by Gasteiger charge is -2.28. The molecule has 1 aliphatic carbocycles. The average molecular weight is 241 g/mol. The van der Waals surface area contributed by atoms with E-state index in [1.54, 1.807) is 0 Å². The van der Waals surface area contributed by atoms with Gasteiger partial charge in [0.1, 0.15) is 0 Å². The second-order valence-corrected chi connectivity index (χ2v) is 5.07. The zero-order valence-electron chi connectivity index (χ0n) is 11.1.